The lowest BCUT2D eigenvalue weighted by molar-refractivity contribution is 0.466. The van der Waals surface area contributed by atoms with Crippen LogP contribution in [0, 0.1) is 0 Å². The topological polar surface area (TPSA) is 47.9 Å². The van der Waals surface area contributed by atoms with Gasteiger partial charge < -0.3 is 4.74 Å². The van der Waals surface area contributed by atoms with Gasteiger partial charge in [-0.25, -0.2) is 9.97 Å². The Kier molecular flexibility index (Phi) is 2.45. The number of nitrogens with zero attached hydrogens (tertiary/aromatic N) is 3. The predicted octanol–water partition coefficient (Wildman–Crippen LogP) is 3.37. The van der Waals surface area contributed by atoms with E-state index < -0.39 is 0 Å². The van der Waals surface area contributed by atoms with E-state index in [1.807, 2.05) is 12.1 Å². The largest absolute Gasteiger partial charge is 0.437 e. The second kappa shape index (κ2) is 4.28. The molecule has 3 aromatic rings. The van der Waals surface area contributed by atoms with Crippen molar-refractivity contribution in [3.8, 4) is 11.6 Å². The molecule has 1 aliphatic carbocycles. The Morgan fingerprint density at radius 3 is 3.11 bits per heavy atom. The predicted molar refractivity (Wildman–Crippen MR) is 73.8 cm³/mol. The fraction of sp³-hybridized carbons (Fsp3) is 0.214. The fourth-order valence-electron chi connectivity index (χ4n) is 2.50. The number of pyridine rings is 1. The van der Waals surface area contributed by atoms with Gasteiger partial charge in [-0.3, -0.25) is 4.98 Å². The second-order valence-corrected chi connectivity index (χ2v) is 5.59. The first kappa shape index (κ1) is 10.9. The molecule has 0 fully saturated rings. The summed E-state index contributed by atoms with van der Waals surface area (Å²) in [6, 6.07) is 3.74. The maximum absolute atomic E-state index is 5.87. The van der Waals surface area contributed by atoms with Gasteiger partial charge in [0.05, 0.1) is 11.6 Å². The first-order chi connectivity index (χ1) is 9.42. The molecule has 4 rings (SSSR count). The fourth-order valence-corrected chi connectivity index (χ4v) is 3.72. The van der Waals surface area contributed by atoms with Crippen molar-refractivity contribution in [2.45, 2.75) is 19.3 Å². The van der Waals surface area contributed by atoms with Crippen molar-refractivity contribution in [3.63, 3.8) is 0 Å². The third kappa shape index (κ3) is 1.77. The minimum atomic E-state index is 0.650. The van der Waals surface area contributed by atoms with Crippen molar-refractivity contribution in [2.24, 2.45) is 0 Å². The molecule has 0 unspecified atom stereocenters. The molecule has 0 atom stereocenters. The monoisotopic (exact) mass is 269 g/mol. The van der Waals surface area contributed by atoms with Crippen molar-refractivity contribution in [3.05, 3.63) is 41.3 Å². The summed E-state index contributed by atoms with van der Waals surface area (Å²) in [6.07, 6.45) is 8.47. The molecule has 0 radical (unpaired) electrons. The smallest absolute Gasteiger partial charge is 0.231 e. The lowest BCUT2D eigenvalue weighted by Gasteiger charge is -2.05. The third-order valence-electron chi connectivity index (χ3n) is 3.32. The van der Waals surface area contributed by atoms with E-state index in [-0.39, 0.29) is 0 Å². The minimum absolute atomic E-state index is 0.650. The van der Waals surface area contributed by atoms with Gasteiger partial charge in [0.15, 0.2) is 0 Å². The van der Waals surface area contributed by atoms with E-state index in [9.17, 15) is 0 Å². The summed E-state index contributed by atoms with van der Waals surface area (Å²) in [5.41, 5.74) is 1.37. The van der Waals surface area contributed by atoms with Gasteiger partial charge in [0.25, 0.3) is 0 Å². The van der Waals surface area contributed by atoms with Crippen molar-refractivity contribution >= 4 is 21.6 Å². The number of aryl methyl sites for hydroxylation is 2. The van der Waals surface area contributed by atoms with Crippen molar-refractivity contribution < 1.29 is 4.74 Å². The van der Waals surface area contributed by atoms with E-state index in [1.165, 1.54) is 16.9 Å². The molecule has 0 aromatic carbocycles. The quantitative estimate of drug-likeness (QED) is 0.715. The Labute approximate surface area is 114 Å². The Hall–Kier alpha value is -2.01. The number of ether oxygens (including phenoxy) is 1. The highest BCUT2D eigenvalue weighted by Crippen LogP contribution is 2.40. The van der Waals surface area contributed by atoms with Crippen LogP contribution in [0.4, 0.5) is 0 Å². The van der Waals surface area contributed by atoms with Crippen LogP contribution in [0.25, 0.3) is 10.2 Å². The van der Waals surface area contributed by atoms with Crippen LogP contribution in [-0.2, 0) is 12.8 Å². The highest BCUT2D eigenvalue weighted by Gasteiger charge is 2.22. The lowest BCUT2D eigenvalue weighted by Crippen LogP contribution is -1.91. The van der Waals surface area contributed by atoms with Crippen molar-refractivity contribution in [1.29, 1.82) is 0 Å². The molecular formula is C14H11N3OS. The first-order valence-electron chi connectivity index (χ1n) is 6.25. The number of hydrogen-bond acceptors (Lipinski definition) is 5. The van der Waals surface area contributed by atoms with E-state index in [2.05, 4.69) is 15.0 Å². The van der Waals surface area contributed by atoms with Gasteiger partial charge in [0, 0.05) is 11.1 Å². The maximum Gasteiger partial charge on any atom is 0.231 e. The molecular weight excluding hydrogens is 258 g/mol. The molecule has 0 N–H and O–H groups in total. The van der Waals surface area contributed by atoms with Crippen LogP contribution in [0.3, 0.4) is 0 Å². The third-order valence-corrected chi connectivity index (χ3v) is 4.52. The van der Waals surface area contributed by atoms with Crippen LogP contribution >= 0.6 is 11.3 Å². The molecule has 19 heavy (non-hydrogen) atoms. The molecule has 3 heterocycles. The maximum atomic E-state index is 5.87. The van der Waals surface area contributed by atoms with E-state index in [0.717, 1.165) is 23.1 Å². The summed E-state index contributed by atoms with van der Waals surface area (Å²) in [5, 5.41) is 1.09. The zero-order valence-electron chi connectivity index (χ0n) is 10.2. The molecule has 0 saturated heterocycles. The molecule has 5 heteroatoms. The molecule has 0 amide bonds. The Morgan fingerprint density at radius 2 is 2.21 bits per heavy atom. The molecule has 0 saturated carbocycles. The number of hydrogen-bond donors (Lipinski definition) is 0. The van der Waals surface area contributed by atoms with Crippen molar-refractivity contribution in [1.82, 2.24) is 15.0 Å². The summed E-state index contributed by atoms with van der Waals surface area (Å²) in [5.74, 6) is 1.36. The van der Waals surface area contributed by atoms with Gasteiger partial charge >= 0.3 is 0 Å². The van der Waals surface area contributed by atoms with E-state index in [0.29, 0.717) is 11.6 Å². The summed E-state index contributed by atoms with van der Waals surface area (Å²) >= 11 is 1.76. The molecule has 4 nitrogen and oxygen atoms in total. The van der Waals surface area contributed by atoms with Crippen LogP contribution < -0.4 is 4.74 Å². The first-order valence-corrected chi connectivity index (χ1v) is 7.06. The van der Waals surface area contributed by atoms with Crippen LogP contribution in [0.5, 0.6) is 11.6 Å². The van der Waals surface area contributed by atoms with E-state index in [4.69, 9.17) is 4.74 Å². The van der Waals surface area contributed by atoms with Gasteiger partial charge in [-0.05, 0) is 37.0 Å². The number of rotatable bonds is 2. The highest BCUT2D eigenvalue weighted by molar-refractivity contribution is 7.18. The zero-order chi connectivity index (χ0) is 12.7. The molecule has 1 aliphatic rings. The van der Waals surface area contributed by atoms with E-state index in [1.54, 1.807) is 30.1 Å². The van der Waals surface area contributed by atoms with Crippen LogP contribution in [0.1, 0.15) is 16.9 Å². The SMILES string of the molecule is c1cncc(Oc2ncnc3sc4c(c23)CCC4)c1. The van der Waals surface area contributed by atoms with Crippen LogP contribution in [-0.4, -0.2) is 15.0 Å². The standard InChI is InChI=1S/C14H11N3OS/c1-4-10-11(5-1)19-14-12(10)13(16-8-17-14)18-9-3-2-6-15-7-9/h2-3,6-8H,1,4-5H2. The summed E-state index contributed by atoms with van der Waals surface area (Å²) in [7, 11) is 0. The van der Waals surface area contributed by atoms with Crippen LogP contribution in [0.15, 0.2) is 30.9 Å². The van der Waals surface area contributed by atoms with Gasteiger partial charge in [0.1, 0.15) is 16.9 Å². The summed E-state index contributed by atoms with van der Waals surface area (Å²) < 4.78 is 5.87. The average Bonchev–Trinajstić information content (AvgIpc) is 3.00. The summed E-state index contributed by atoms with van der Waals surface area (Å²) in [4.78, 5) is 15.2. The summed E-state index contributed by atoms with van der Waals surface area (Å²) in [6.45, 7) is 0. The molecule has 94 valence electrons. The van der Waals surface area contributed by atoms with Gasteiger partial charge in [-0.15, -0.1) is 11.3 Å². The minimum Gasteiger partial charge on any atom is -0.437 e. The second-order valence-electron chi connectivity index (χ2n) is 4.51. The number of thiophene rings is 1. The zero-order valence-corrected chi connectivity index (χ0v) is 11.0. The Bertz CT molecular complexity index is 739. The van der Waals surface area contributed by atoms with E-state index >= 15 is 0 Å². The molecule has 3 aromatic heterocycles. The van der Waals surface area contributed by atoms with Gasteiger partial charge in [-0.2, -0.15) is 0 Å². The highest BCUT2D eigenvalue weighted by atomic mass is 32.1. The van der Waals surface area contributed by atoms with Gasteiger partial charge in [-0.1, -0.05) is 0 Å². The molecule has 0 spiro atoms. The Balaban J connectivity index is 1.86. The van der Waals surface area contributed by atoms with Gasteiger partial charge in [0.2, 0.25) is 5.88 Å². The average molecular weight is 269 g/mol. The Morgan fingerprint density at radius 1 is 1.21 bits per heavy atom. The molecule has 0 aliphatic heterocycles. The normalized spacial score (nSPS) is 13.7. The lowest BCUT2D eigenvalue weighted by atomic mass is 10.2. The number of fused-ring (bicyclic) bond motifs is 3. The number of aromatic nitrogens is 3. The van der Waals surface area contributed by atoms with Crippen LogP contribution in [0.2, 0.25) is 0 Å². The molecule has 0 bridgehead atoms. The van der Waals surface area contributed by atoms with Crippen molar-refractivity contribution in [2.75, 3.05) is 0 Å².